The number of aliphatic carboxylic acids is 1. The van der Waals surface area contributed by atoms with E-state index in [0.29, 0.717) is 6.42 Å². The summed E-state index contributed by atoms with van der Waals surface area (Å²) in [6.07, 6.45) is 2.41. The molecule has 3 nitrogen and oxygen atoms in total. The number of carbonyl (C=O) groups is 1. The van der Waals surface area contributed by atoms with Gasteiger partial charge in [-0.15, -0.1) is 0 Å². The minimum atomic E-state index is -0.789. The van der Waals surface area contributed by atoms with E-state index in [1.807, 2.05) is 42.0 Å². The summed E-state index contributed by atoms with van der Waals surface area (Å²) in [4.78, 5) is 11.1. The largest absolute Gasteiger partial charge is 0.480 e. The number of hydrogen-bond donors (Lipinski definition) is 1. The molecule has 0 fully saturated rings. The molecule has 4 heteroatoms. The third-order valence-electron chi connectivity index (χ3n) is 2.69. The first-order chi connectivity index (χ1) is 7.63. The minimum Gasteiger partial charge on any atom is -0.480 e. The number of nitrogens with zero attached hydrogens (tertiary/aromatic N) is 1. The maximum atomic E-state index is 11.1. The summed E-state index contributed by atoms with van der Waals surface area (Å²) in [5, 5.41) is 10.2. The Hall–Kier alpha value is -1.29. The first-order valence-electron chi connectivity index (χ1n) is 5.12. The Kier molecular flexibility index (Phi) is 3.01. The Morgan fingerprint density at radius 1 is 1.50 bits per heavy atom. The summed E-state index contributed by atoms with van der Waals surface area (Å²) in [6.45, 7) is 1.88. The van der Waals surface area contributed by atoms with Gasteiger partial charge >= 0.3 is 5.97 Å². The standard InChI is InChI=1S/C12H12BrNO2/c1-2-10(12(15)16)14-6-5-8-7-9(13)3-4-11(8)14/h3-7,10H,2H2,1H3,(H,15,16). The molecule has 1 heterocycles. The molecule has 1 aromatic carbocycles. The second kappa shape index (κ2) is 4.29. The Balaban J connectivity index is 2.57. The highest BCUT2D eigenvalue weighted by atomic mass is 79.9. The first kappa shape index (κ1) is 11.2. The summed E-state index contributed by atoms with van der Waals surface area (Å²) in [7, 11) is 0. The van der Waals surface area contributed by atoms with Gasteiger partial charge in [0.25, 0.3) is 0 Å². The number of rotatable bonds is 3. The molecule has 0 bridgehead atoms. The third-order valence-corrected chi connectivity index (χ3v) is 3.18. The van der Waals surface area contributed by atoms with E-state index < -0.39 is 12.0 Å². The molecule has 2 aromatic rings. The minimum absolute atomic E-state index is 0.487. The Morgan fingerprint density at radius 3 is 2.88 bits per heavy atom. The van der Waals surface area contributed by atoms with E-state index in [1.54, 1.807) is 0 Å². The summed E-state index contributed by atoms with van der Waals surface area (Å²) in [6, 6.07) is 7.29. The van der Waals surface area contributed by atoms with E-state index in [0.717, 1.165) is 15.4 Å². The van der Waals surface area contributed by atoms with Crippen molar-refractivity contribution < 1.29 is 9.90 Å². The molecular formula is C12H12BrNO2. The number of hydrogen-bond acceptors (Lipinski definition) is 1. The van der Waals surface area contributed by atoms with Crippen molar-refractivity contribution in [2.24, 2.45) is 0 Å². The van der Waals surface area contributed by atoms with Crippen molar-refractivity contribution in [2.45, 2.75) is 19.4 Å². The average Bonchev–Trinajstić information content (AvgIpc) is 2.62. The zero-order chi connectivity index (χ0) is 11.7. The van der Waals surface area contributed by atoms with Crippen LogP contribution in [0.1, 0.15) is 19.4 Å². The Morgan fingerprint density at radius 2 is 2.25 bits per heavy atom. The number of benzene rings is 1. The monoisotopic (exact) mass is 281 g/mol. The zero-order valence-corrected chi connectivity index (χ0v) is 10.4. The predicted octanol–water partition coefficient (Wildman–Crippen LogP) is 3.44. The van der Waals surface area contributed by atoms with Crippen molar-refractivity contribution in [1.29, 1.82) is 0 Å². The maximum Gasteiger partial charge on any atom is 0.326 e. The lowest BCUT2D eigenvalue weighted by atomic mass is 10.2. The normalized spacial score (nSPS) is 12.9. The fourth-order valence-electron chi connectivity index (χ4n) is 1.90. The fourth-order valence-corrected chi connectivity index (χ4v) is 2.28. The molecule has 0 aliphatic heterocycles. The second-order valence-electron chi connectivity index (χ2n) is 3.69. The van der Waals surface area contributed by atoms with Gasteiger partial charge in [-0.05, 0) is 30.7 Å². The van der Waals surface area contributed by atoms with Crippen LogP contribution >= 0.6 is 15.9 Å². The lowest BCUT2D eigenvalue weighted by Crippen LogP contribution is -2.17. The van der Waals surface area contributed by atoms with Gasteiger partial charge in [0.05, 0.1) is 0 Å². The highest BCUT2D eigenvalue weighted by molar-refractivity contribution is 9.10. The van der Waals surface area contributed by atoms with Crippen LogP contribution in [0.3, 0.4) is 0 Å². The van der Waals surface area contributed by atoms with Gasteiger partial charge in [-0.25, -0.2) is 4.79 Å². The molecule has 1 N–H and O–H groups in total. The van der Waals surface area contributed by atoms with Crippen molar-refractivity contribution in [3.8, 4) is 0 Å². The van der Waals surface area contributed by atoms with Crippen LogP contribution in [0.2, 0.25) is 0 Å². The predicted molar refractivity (Wildman–Crippen MR) is 66.6 cm³/mol. The molecule has 1 aromatic heterocycles. The van der Waals surface area contributed by atoms with Gasteiger partial charge < -0.3 is 9.67 Å². The lowest BCUT2D eigenvalue weighted by Gasteiger charge is -2.13. The average molecular weight is 282 g/mol. The van der Waals surface area contributed by atoms with Crippen LogP contribution in [0, 0.1) is 0 Å². The summed E-state index contributed by atoms with van der Waals surface area (Å²) in [5.41, 5.74) is 0.956. The quantitative estimate of drug-likeness (QED) is 0.937. The Labute approximate surface area is 102 Å². The van der Waals surface area contributed by atoms with E-state index in [1.165, 1.54) is 0 Å². The molecule has 84 valence electrons. The molecule has 16 heavy (non-hydrogen) atoms. The van der Waals surface area contributed by atoms with Gasteiger partial charge in [0, 0.05) is 21.6 Å². The van der Waals surface area contributed by atoms with Gasteiger partial charge in [-0.3, -0.25) is 0 Å². The molecule has 0 aliphatic rings. The van der Waals surface area contributed by atoms with Crippen LogP contribution in [0.4, 0.5) is 0 Å². The summed E-state index contributed by atoms with van der Waals surface area (Å²) < 4.78 is 2.81. The molecule has 0 amide bonds. The van der Waals surface area contributed by atoms with E-state index in [-0.39, 0.29) is 0 Å². The third kappa shape index (κ3) is 1.85. The fraction of sp³-hybridized carbons (Fsp3) is 0.250. The number of fused-ring (bicyclic) bond motifs is 1. The van der Waals surface area contributed by atoms with Gasteiger partial charge in [0.2, 0.25) is 0 Å². The summed E-state index contributed by atoms with van der Waals surface area (Å²) >= 11 is 3.40. The molecule has 0 aliphatic carbocycles. The van der Waals surface area contributed by atoms with Crippen LogP contribution in [0.15, 0.2) is 34.9 Å². The number of halogens is 1. The highest BCUT2D eigenvalue weighted by Gasteiger charge is 2.18. The van der Waals surface area contributed by atoms with Gasteiger partial charge in [-0.2, -0.15) is 0 Å². The van der Waals surface area contributed by atoms with E-state index in [9.17, 15) is 4.79 Å². The van der Waals surface area contributed by atoms with Crippen molar-refractivity contribution in [1.82, 2.24) is 4.57 Å². The second-order valence-corrected chi connectivity index (χ2v) is 4.60. The van der Waals surface area contributed by atoms with E-state index in [4.69, 9.17) is 5.11 Å². The smallest absolute Gasteiger partial charge is 0.326 e. The number of aromatic nitrogens is 1. The molecule has 2 rings (SSSR count). The SMILES string of the molecule is CCC(C(=O)O)n1ccc2cc(Br)ccc21. The van der Waals surface area contributed by atoms with Crippen LogP contribution in [-0.2, 0) is 4.79 Å². The molecular weight excluding hydrogens is 270 g/mol. The van der Waals surface area contributed by atoms with Crippen LogP contribution in [0.5, 0.6) is 0 Å². The molecule has 0 spiro atoms. The highest BCUT2D eigenvalue weighted by Crippen LogP contribution is 2.25. The van der Waals surface area contributed by atoms with Crippen molar-refractivity contribution in [2.75, 3.05) is 0 Å². The molecule has 1 unspecified atom stereocenters. The van der Waals surface area contributed by atoms with Crippen LogP contribution < -0.4 is 0 Å². The Bertz CT molecular complexity index is 533. The topological polar surface area (TPSA) is 42.2 Å². The molecule has 0 saturated carbocycles. The van der Waals surface area contributed by atoms with Crippen LogP contribution in [0.25, 0.3) is 10.9 Å². The summed E-state index contributed by atoms with van der Waals surface area (Å²) in [5.74, 6) is -0.789. The molecule has 0 radical (unpaired) electrons. The maximum absolute atomic E-state index is 11.1. The number of carboxylic acid groups (broad SMARTS) is 1. The molecule has 1 atom stereocenters. The molecule has 0 saturated heterocycles. The van der Waals surface area contributed by atoms with Gasteiger partial charge in [0.1, 0.15) is 6.04 Å². The van der Waals surface area contributed by atoms with Crippen molar-refractivity contribution in [3.05, 3.63) is 34.9 Å². The van der Waals surface area contributed by atoms with Crippen molar-refractivity contribution >= 4 is 32.8 Å². The van der Waals surface area contributed by atoms with E-state index >= 15 is 0 Å². The zero-order valence-electron chi connectivity index (χ0n) is 8.85. The van der Waals surface area contributed by atoms with E-state index in [2.05, 4.69) is 15.9 Å². The lowest BCUT2D eigenvalue weighted by molar-refractivity contribution is -0.140. The van der Waals surface area contributed by atoms with Gasteiger partial charge in [0.15, 0.2) is 0 Å². The van der Waals surface area contributed by atoms with Gasteiger partial charge in [-0.1, -0.05) is 22.9 Å². The first-order valence-corrected chi connectivity index (χ1v) is 5.91. The van der Waals surface area contributed by atoms with Crippen molar-refractivity contribution in [3.63, 3.8) is 0 Å². The van der Waals surface area contributed by atoms with Crippen LogP contribution in [-0.4, -0.2) is 15.6 Å². The number of carboxylic acids is 1.